The van der Waals surface area contributed by atoms with Gasteiger partial charge in [0, 0.05) is 87.1 Å². The molecule has 0 aliphatic carbocycles. The van der Waals surface area contributed by atoms with Crippen LogP contribution in [0, 0.1) is 10.8 Å². The lowest BCUT2D eigenvalue weighted by atomic mass is 9.85. The molecule has 18 nitrogen and oxygen atoms in total. The zero-order chi connectivity index (χ0) is 54.3. The van der Waals surface area contributed by atoms with Crippen molar-refractivity contribution in [3.8, 4) is 0 Å². The molecule has 2 aliphatic rings. The molecule has 0 radical (unpaired) electrons. The zero-order valence-corrected chi connectivity index (χ0v) is 46.5. The molecule has 3 aromatic rings. The molecule has 6 N–H and O–H groups in total. The first-order valence-electron chi connectivity index (χ1n) is 25.4. The Morgan fingerprint density at radius 3 is 1.20 bits per heavy atom. The molecule has 2 saturated heterocycles. The first kappa shape index (κ1) is 59.5. The van der Waals surface area contributed by atoms with Gasteiger partial charge in [-0.3, -0.25) is 28.8 Å². The summed E-state index contributed by atoms with van der Waals surface area (Å²) in [5.74, 6) is -2.06. The number of carbonyl (C=O) groups excluding carboxylic acids is 6. The number of likely N-dealkylation sites (N-methyl/N-ethyl adjacent to an activating group) is 2. The van der Waals surface area contributed by atoms with Crippen molar-refractivity contribution in [2.75, 3.05) is 79.0 Å². The SMILES string of the molecule is CNCC(=O)NC(C(=O)N1CC(NC(=O)c2ccc(C(=O)NC3CC(CN(CCc4ccccc4)S(C)=O)N(C(=O)C(NC(=O)CNC)C(C)(C)C)C3)cc2)CC1CN(CCc1ccccc1)S(C)=O)C(C)(C)C. The van der Waals surface area contributed by atoms with Gasteiger partial charge in [0.05, 0.1) is 35.1 Å². The van der Waals surface area contributed by atoms with Crippen molar-refractivity contribution in [1.29, 1.82) is 0 Å². The number of nitrogens with zero attached hydrogens (tertiary/aromatic N) is 4. The first-order valence-corrected chi connectivity index (χ1v) is 28.5. The molecule has 74 heavy (non-hydrogen) atoms. The summed E-state index contributed by atoms with van der Waals surface area (Å²) in [5, 5.41) is 17.7. The van der Waals surface area contributed by atoms with Gasteiger partial charge in [0.15, 0.2) is 0 Å². The lowest BCUT2D eigenvalue weighted by Crippen LogP contribution is -2.58. The highest BCUT2D eigenvalue weighted by molar-refractivity contribution is 7.82. The van der Waals surface area contributed by atoms with Crippen molar-refractivity contribution in [3.63, 3.8) is 0 Å². The fourth-order valence-electron chi connectivity index (χ4n) is 9.53. The van der Waals surface area contributed by atoms with E-state index in [1.807, 2.05) is 111 Å². The third-order valence-corrected chi connectivity index (χ3v) is 15.6. The number of carbonyl (C=O) groups is 6. The molecule has 8 unspecified atom stereocenters. The largest absolute Gasteiger partial charge is 0.347 e. The summed E-state index contributed by atoms with van der Waals surface area (Å²) in [6, 6.07) is 22.4. The van der Waals surface area contributed by atoms with Crippen LogP contribution in [-0.2, 0) is 54.0 Å². The number of amides is 6. The molecule has 8 atom stereocenters. The lowest BCUT2D eigenvalue weighted by molar-refractivity contribution is -0.140. The maximum Gasteiger partial charge on any atom is 0.251 e. The normalized spacial score (nSPS) is 19.7. The standard InChI is InChI=1S/C54H80N10O8S2/c1-53(2,3)47(59-45(65)31-55-7)51(69)63-33-41(29-43(63)35-61(73(9)71)27-25-37-17-13-11-14-18-37)57-49(67)39-21-23-40(24-22-39)50(68)58-42-30-44(36-62(74(10)72)28-26-38-19-15-12-16-20-38)64(34-42)52(70)48(54(4,5)6)60-46(66)32-56-8/h11-24,41-44,47-48,55-56H,25-36H2,1-10H3,(H,57,67)(H,58,68)(H,59,65)(H,60,66). The summed E-state index contributed by atoms with van der Waals surface area (Å²) < 4.78 is 30.0. The molecule has 6 amide bonds. The smallest absolute Gasteiger partial charge is 0.251 e. The minimum absolute atomic E-state index is 0.0285. The number of hydrogen-bond donors (Lipinski definition) is 6. The van der Waals surface area contributed by atoms with E-state index in [1.54, 1.807) is 60.7 Å². The number of likely N-dealkylation sites (tertiary alicyclic amines) is 2. The van der Waals surface area contributed by atoms with Crippen molar-refractivity contribution in [1.82, 2.24) is 50.3 Å². The van der Waals surface area contributed by atoms with E-state index >= 15 is 0 Å². The predicted octanol–water partition coefficient (Wildman–Crippen LogP) is 2.26. The Kier molecular flexibility index (Phi) is 22.0. The fraction of sp³-hybridized carbons (Fsp3) is 0.556. The van der Waals surface area contributed by atoms with Crippen molar-refractivity contribution in [2.45, 2.75) is 103 Å². The van der Waals surface area contributed by atoms with E-state index < -0.39 is 80.9 Å². The van der Waals surface area contributed by atoms with Crippen LogP contribution in [0.25, 0.3) is 0 Å². The second kappa shape index (κ2) is 27.4. The van der Waals surface area contributed by atoms with Crippen LogP contribution in [0.4, 0.5) is 0 Å². The van der Waals surface area contributed by atoms with Crippen molar-refractivity contribution < 1.29 is 37.2 Å². The Hall–Kier alpha value is -5.38. The molecule has 406 valence electrons. The summed E-state index contributed by atoms with van der Waals surface area (Å²) in [7, 11) is 0.557. The number of nitrogens with one attached hydrogen (secondary N) is 6. The quantitative estimate of drug-likeness (QED) is 0.0769. The Bertz CT molecular complexity index is 2250. The molecule has 20 heteroatoms. The monoisotopic (exact) mass is 1060 g/mol. The maximum atomic E-state index is 14.5. The van der Waals surface area contributed by atoms with Gasteiger partial charge in [0.2, 0.25) is 23.6 Å². The minimum atomic E-state index is -1.38. The molecule has 0 spiro atoms. The van der Waals surface area contributed by atoms with Crippen LogP contribution in [-0.4, -0.2) is 177 Å². The summed E-state index contributed by atoms with van der Waals surface area (Å²) >= 11 is 0. The number of rotatable bonds is 24. The Balaban J connectivity index is 1.31. The summed E-state index contributed by atoms with van der Waals surface area (Å²) in [6.07, 6.45) is 5.26. The van der Waals surface area contributed by atoms with Crippen molar-refractivity contribution in [3.05, 3.63) is 107 Å². The van der Waals surface area contributed by atoms with Gasteiger partial charge in [0.25, 0.3) is 11.8 Å². The van der Waals surface area contributed by atoms with Crippen molar-refractivity contribution >= 4 is 57.4 Å². The molecule has 5 rings (SSSR count). The predicted molar refractivity (Wildman–Crippen MR) is 291 cm³/mol. The van der Waals surface area contributed by atoms with Crippen molar-refractivity contribution in [2.24, 2.45) is 10.8 Å². The van der Waals surface area contributed by atoms with Crippen LogP contribution in [0.5, 0.6) is 0 Å². The molecule has 0 saturated carbocycles. The molecule has 2 heterocycles. The van der Waals surface area contributed by atoms with E-state index in [2.05, 4.69) is 31.9 Å². The van der Waals surface area contributed by atoms with Crippen LogP contribution in [0.15, 0.2) is 84.9 Å². The third-order valence-electron chi connectivity index (χ3n) is 13.5. The van der Waals surface area contributed by atoms with E-state index in [1.165, 1.54) is 0 Å². The molecular weight excluding hydrogens is 981 g/mol. The summed E-state index contributed by atoms with van der Waals surface area (Å²) in [4.78, 5) is 86.1. The molecule has 0 bridgehead atoms. The fourth-order valence-corrected chi connectivity index (χ4v) is 11.0. The van der Waals surface area contributed by atoms with Crippen LogP contribution in [0.3, 0.4) is 0 Å². The van der Waals surface area contributed by atoms with Crippen LogP contribution in [0.2, 0.25) is 0 Å². The van der Waals surface area contributed by atoms with E-state index in [-0.39, 0.29) is 62.9 Å². The minimum Gasteiger partial charge on any atom is -0.347 e. The van der Waals surface area contributed by atoms with Gasteiger partial charge >= 0.3 is 0 Å². The lowest BCUT2D eigenvalue weighted by Gasteiger charge is -2.36. The van der Waals surface area contributed by atoms with Gasteiger partial charge in [-0.1, -0.05) is 102 Å². The van der Waals surface area contributed by atoms with Gasteiger partial charge in [-0.2, -0.15) is 0 Å². The van der Waals surface area contributed by atoms with Crippen LogP contribution >= 0.6 is 0 Å². The average molecular weight is 1060 g/mol. The molecular formula is C54H80N10O8S2. The number of hydrogen-bond acceptors (Lipinski definition) is 10. The van der Waals surface area contributed by atoms with E-state index in [0.717, 1.165) is 11.1 Å². The molecule has 2 aliphatic heterocycles. The highest BCUT2D eigenvalue weighted by Gasteiger charge is 2.45. The van der Waals surface area contributed by atoms with Crippen LogP contribution in [0.1, 0.15) is 86.2 Å². The average Bonchev–Trinajstić information content (AvgIpc) is 3.94. The summed E-state index contributed by atoms with van der Waals surface area (Å²) in [5.41, 5.74) is 1.45. The Morgan fingerprint density at radius 2 is 0.905 bits per heavy atom. The van der Waals surface area contributed by atoms with Gasteiger partial charge in [0.1, 0.15) is 12.1 Å². The highest BCUT2D eigenvalue weighted by Crippen LogP contribution is 2.29. The van der Waals surface area contributed by atoms with Crippen LogP contribution < -0.4 is 31.9 Å². The summed E-state index contributed by atoms with van der Waals surface area (Å²) in [6.45, 7) is 13.2. The van der Waals surface area contributed by atoms with E-state index in [4.69, 9.17) is 0 Å². The second-order valence-corrected chi connectivity index (χ2v) is 24.3. The molecule has 0 aromatic heterocycles. The Morgan fingerprint density at radius 1 is 0.568 bits per heavy atom. The zero-order valence-electron chi connectivity index (χ0n) is 44.9. The second-order valence-electron chi connectivity index (χ2n) is 21.6. The first-order chi connectivity index (χ1) is 35.0. The van der Waals surface area contributed by atoms with Gasteiger partial charge in [-0.15, -0.1) is 0 Å². The highest BCUT2D eigenvalue weighted by atomic mass is 32.2. The van der Waals surface area contributed by atoms with E-state index in [9.17, 15) is 37.2 Å². The topological polar surface area (TPSA) is 222 Å². The van der Waals surface area contributed by atoms with E-state index in [0.29, 0.717) is 49.9 Å². The van der Waals surface area contributed by atoms with Gasteiger partial charge in [-0.25, -0.2) is 17.0 Å². The number of benzene rings is 3. The molecule has 2 fully saturated rings. The van der Waals surface area contributed by atoms with Gasteiger partial charge in [-0.05, 0) is 86.0 Å². The Labute approximate surface area is 443 Å². The van der Waals surface area contributed by atoms with Gasteiger partial charge < -0.3 is 41.7 Å². The molecule has 3 aromatic carbocycles. The third kappa shape index (κ3) is 17.3. The maximum absolute atomic E-state index is 14.5.